The molecule has 0 radical (unpaired) electrons. The van der Waals surface area contributed by atoms with E-state index in [0.717, 1.165) is 0 Å². The first-order valence-corrected chi connectivity index (χ1v) is 4.41. The maximum Gasteiger partial charge on any atom is -0.0533 e. The van der Waals surface area contributed by atoms with Gasteiger partial charge in [-0.15, -0.1) is 0 Å². The summed E-state index contributed by atoms with van der Waals surface area (Å²) >= 11 is 0. The third-order valence-electron chi connectivity index (χ3n) is 1.71. The van der Waals surface area contributed by atoms with Gasteiger partial charge >= 0.3 is 0 Å². The first-order valence-electron chi connectivity index (χ1n) is 4.41. The molecule has 0 aromatic carbocycles. The Kier molecular flexibility index (Phi) is 148. The first kappa shape index (κ1) is 45.9. The molecule has 0 fully saturated rings. The molecular formula is C15H44. The number of hydrogen-bond acceptors (Lipinski definition) is 0. The summed E-state index contributed by atoms with van der Waals surface area (Å²) in [5.74, 6) is 0. The van der Waals surface area contributed by atoms with E-state index in [2.05, 4.69) is 13.8 Å². The van der Waals surface area contributed by atoms with Crippen molar-refractivity contribution in [1.29, 1.82) is 0 Å². The van der Waals surface area contributed by atoms with Gasteiger partial charge in [0.05, 0.1) is 0 Å². The van der Waals surface area contributed by atoms with Gasteiger partial charge in [0.25, 0.3) is 0 Å². The highest BCUT2D eigenvalue weighted by Crippen LogP contribution is 2.05. The number of hydrogen-bond donors (Lipinski definition) is 0. The molecule has 0 heterocycles. The van der Waals surface area contributed by atoms with E-state index in [-0.39, 0.29) is 44.6 Å². The van der Waals surface area contributed by atoms with Crippen molar-refractivity contribution < 1.29 is 0 Å². The Morgan fingerprint density at radius 3 is 0.800 bits per heavy atom. The molecular weight excluding hydrogens is 180 g/mol. The number of unbranched alkanes of at least 4 members (excludes halogenated alkanes) is 6. The van der Waals surface area contributed by atoms with E-state index in [4.69, 9.17) is 0 Å². The zero-order valence-corrected chi connectivity index (χ0v) is 6.95. The molecule has 0 spiro atoms. The number of rotatable bonds is 6. The summed E-state index contributed by atoms with van der Waals surface area (Å²) in [4.78, 5) is 0. The standard InChI is InChI=1S/C9H20.6CH4/c1-3-5-7-9-8-6-4-2;;;;;;/h3-9H2,1-2H3;6*1H4. The van der Waals surface area contributed by atoms with E-state index >= 15 is 0 Å². The molecule has 0 saturated carbocycles. The molecule has 0 nitrogen and oxygen atoms in total. The minimum absolute atomic E-state index is 0. The highest BCUT2D eigenvalue weighted by atomic mass is 13.9. The van der Waals surface area contributed by atoms with Crippen LogP contribution in [0.5, 0.6) is 0 Å². The van der Waals surface area contributed by atoms with Crippen LogP contribution >= 0.6 is 0 Å². The lowest BCUT2D eigenvalue weighted by molar-refractivity contribution is 0.602. The molecule has 0 unspecified atom stereocenters. The van der Waals surface area contributed by atoms with E-state index in [1.165, 1.54) is 44.9 Å². The van der Waals surface area contributed by atoms with E-state index in [9.17, 15) is 0 Å². The second-order valence-corrected chi connectivity index (χ2v) is 2.77. The van der Waals surface area contributed by atoms with E-state index in [1.54, 1.807) is 0 Å². The maximum absolute atomic E-state index is 2.26. The van der Waals surface area contributed by atoms with Crippen LogP contribution in [-0.4, -0.2) is 0 Å². The highest BCUT2D eigenvalue weighted by Gasteiger charge is 1.85. The molecule has 0 saturated heterocycles. The Bertz CT molecular complexity index is 33.3. The van der Waals surface area contributed by atoms with Crippen molar-refractivity contribution in [3.63, 3.8) is 0 Å². The van der Waals surface area contributed by atoms with Crippen molar-refractivity contribution in [2.24, 2.45) is 0 Å². The van der Waals surface area contributed by atoms with Crippen molar-refractivity contribution in [2.45, 2.75) is 103 Å². The average Bonchev–Trinajstić information content (AvgIpc) is 1.89. The Morgan fingerprint density at radius 2 is 0.600 bits per heavy atom. The molecule has 0 aliphatic carbocycles. The van der Waals surface area contributed by atoms with Gasteiger partial charge in [-0.25, -0.2) is 0 Å². The van der Waals surface area contributed by atoms with Gasteiger partial charge in [0.15, 0.2) is 0 Å². The van der Waals surface area contributed by atoms with Gasteiger partial charge in [-0.2, -0.15) is 0 Å². The van der Waals surface area contributed by atoms with Crippen molar-refractivity contribution in [3.05, 3.63) is 0 Å². The fourth-order valence-corrected chi connectivity index (χ4v) is 1.03. The van der Waals surface area contributed by atoms with Gasteiger partial charge in [-0.05, 0) is 0 Å². The molecule has 15 heavy (non-hydrogen) atoms. The molecule has 0 aromatic heterocycles. The van der Waals surface area contributed by atoms with Gasteiger partial charge < -0.3 is 0 Å². The van der Waals surface area contributed by atoms with Crippen LogP contribution in [0.15, 0.2) is 0 Å². The molecule has 0 aromatic rings. The molecule has 0 aliphatic heterocycles. The van der Waals surface area contributed by atoms with E-state index in [0.29, 0.717) is 0 Å². The largest absolute Gasteiger partial charge is 0.0776 e. The summed E-state index contributed by atoms with van der Waals surface area (Å²) < 4.78 is 0. The van der Waals surface area contributed by atoms with Gasteiger partial charge in [-0.3, -0.25) is 0 Å². The Balaban J connectivity index is -0.0000000213. The van der Waals surface area contributed by atoms with Crippen LogP contribution in [0.4, 0.5) is 0 Å². The van der Waals surface area contributed by atoms with Gasteiger partial charge in [0.1, 0.15) is 0 Å². The highest BCUT2D eigenvalue weighted by molar-refractivity contribution is 4.41. The maximum atomic E-state index is 2.26. The van der Waals surface area contributed by atoms with Gasteiger partial charge in [-0.1, -0.05) is 103 Å². The van der Waals surface area contributed by atoms with E-state index < -0.39 is 0 Å². The smallest absolute Gasteiger partial charge is 0.0533 e. The lowest BCUT2D eigenvalue weighted by Gasteiger charge is -1.96. The monoisotopic (exact) mass is 224 g/mol. The van der Waals surface area contributed by atoms with Crippen LogP contribution in [0.2, 0.25) is 0 Å². The minimum Gasteiger partial charge on any atom is -0.0776 e. The summed E-state index contributed by atoms with van der Waals surface area (Å²) in [5.41, 5.74) is 0. The van der Waals surface area contributed by atoms with Crippen LogP contribution in [0.1, 0.15) is 103 Å². The van der Waals surface area contributed by atoms with Crippen molar-refractivity contribution in [3.8, 4) is 0 Å². The summed E-state index contributed by atoms with van der Waals surface area (Å²) in [5, 5.41) is 0. The van der Waals surface area contributed by atoms with Crippen LogP contribution in [0, 0.1) is 0 Å². The third-order valence-corrected chi connectivity index (χ3v) is 1.71. The minimum atomic E-state index is 0. The molecule has 104 valence electrons. The molecule has 0 amide bonds. The summed E-state index contributed by atoms with van der Waals surface area (Å²) in [7, 11) is 0. The van der Waals surface area contributed by atoms with Crippen molar-refractivity contribution in [1.82, 2.24) is 0 Å². The molecule has 0 bridgehead atoms. The SMILES string of the molecule is C.C.C.C.C.C.CCCCCCCCC. The average molecular weight is 225 g/mol. The fraction of sp³-hybridized carbons (Fsp3) is 1.00. The second-order valence-electron chi connectivity index (χ2n) is 2.77. The molecule has 0 heteroatoms. The lowest BCUT2D eigenvalue weighted by Crippen LogP contribution is -1.76. The lowest BCUT2D eigenvalue weighted by atomic mass is 10.1. The van der Waals surface area contributed by atoms with Crippen LogP contribution in [0.25, 0.3) is 0 Å². The molecule has 0 aliphatic rings. The van der Waals surface area contributed by atoms with E-state index in [1.807, 2.05) is 0 Å². The fourth-order valence-electron chi connectivity index (χ4n) is 1.03. The Morgan fingerprint density at radius 1 is 0.400 bits per heavy atom. The summed E-state index contributed by atoms with van der Waals surface area (Å²) in [6.07, 6.45) is 9.97. The quantitative estimate of drug-likeness (QED) is 0.408. The molecule has 0 rings (SSSR count). The van der Waals surface area contributed by atoms with Crippen LogP contribution < -0.4 is 0 Å². The second kappa shape index (κ2) is 48.3. The van der Waals surface area contributed by atoms with Gasteiger partial charge in [0.2, 0.25) is 0 Å². The normalized spacial score (nSPS) is 6.00. The topological polar surface area (TPSA) is 0 Å². The van der Waals surface area contributed by atoms with Crippen LogP contribution in [0.3, 0.4) is 0 Å². The summed E-state index contributed by atoms with van der Waals surface area (Å²) in [6.45, 7) is 4.53. The predicted molar refractivity (Wildman–Crippen MR) is 84.1 cm³/mol. The third kappa shape index (κ3) is 56.0. The first-order chi connectivity index (χ1) is 4.41. The zero-order chi connectivity index (χ0) is 6.95. The predicted octanol–water partition coefficient (Wildman–Crippen LogP) is 7.57. The van der Waals surface area contributed by atoms with Crippen LogP contribution in [-0.2, 0) is 0 Å². The Hall–Kier alpha value is 0. The summed E-state index contributed by atoms with van der Waals surface area (Å²) in [6, 6.07) is 0. The Labute approximate surface area is 104 Å². The zero-order valence-electron chi connectivity index (χ0n) is 6.95. The molecule has 0 atom stereocenters. The molecule has 0 N–H and O–H groups in total. The van der Waals surface area contributed by atoms with Gasteiger partial charge in [0, 0.05) is 0 Å². The van der Waals surface area contributed by atoms with Crippen molar-refractivity contribution >= 4 is 0 Å². The van der Waals surface area contributed by atoms with Crippen molar-refractivity contribution in [2.75, 3.05) is 0 Å².